The molecule has 0 bridgehead atoms. The molecule has 2 aromatic carbocycles. The molecule has 2 aromatic rings. The van der Waals surface area contributed by atoms with Crippen molar-refractivity contribution in [2.45, 2.75) is 19.6 Å². The third kappa shape index (κ3) is 4.83. The van der Waals surface area contributed by atoms with Crippen LogP contribution in [0.4, 0.5) is 5.69 Å². The zero-order chi connectivity index (χ0) is 16.1. The van der Waals surface area contributed by atoms with Gasteiger partial charge in [-0.05, 0) is 18.2 Å². The summed E-state index contributed by atoms with van der Waals surface area (Å²) < 4.78 is 11.7. The predicted molar refractivity (Wildman–Crippen MR) is 93.3 cm³/mol. The van der Waals surface area contributed by atoms with E-state index in [9.17, 15) is 0 Å². The Morgan fingerprint density at radius 1 is 0.875 bits per heavy atom. The molecule has 0 unspecified atom stereocenters. The van der Waals surface area contributed by atoms with E-state index in [-0.39, 0.29) is 17.0 Å². The molecule has 0 N–H and O–H groups in total. The Kier molecular flexibility index (Phi) is 5.99. The maximum Gasteiger partial charge on any atom is 0.245 e. The van der Waals surface area contributed by atoms with Crippen molar-refractivity contribution in [3.8, 4) is 0 Å². The minimum absolute atomic E-state index is 0. The van der Waals surface area contributed by atoms with Crippen molar-refractivity contribution in [3.05, 3.63) is 84.1 Å². The Morgan fingerprint density at radius 2 is 1.50 bits per heavy atom. The van der Waals surface area contributed by atoms with Crippen LogP contribution in [0, 0.1) is 0 Å². The quantitative estimate of drug-likeness (QED) is 0.758. The molecule has 4 heteroatoms. The summed E-state index contributed by atoms with van der Waals surface area (Å²) in [4.78, 5) is 4.39. The number of aliphatic imine (C=N–C) groups is 1. The van der Waals surface area contributed by atoms with Gasteiger partial charge in [0, 0.05) is 31.7 Å². The van der Waals surface area contributed by atoms with Crippen LogP contribution in [0.5, 0.6) is 0 Å². The van der Waals surface area contributed by atoms with E-state index in [0.29, 0.717) is 0 Å². The summed E-state index contributed by atoms with van der Waals surface area (Å²) in [5.41, 5.74) is 1.93. The number of benzene rings is 2. The Labute approximate surface area is 153 Å². The summed E-state index contributed by atoms with van der Waals surface area (Å²) in [5, 5.41) is 0. The summed E-state index contributed by atoms with van der Waals surface area (Å²) in [6.07, 6.45) is 5.48. The summed E-state index contributed by atoms with van der Waals surface area (Å²) in [6.45, 7) is 3.79. The number of para-hydroxylation sites is 1. The van der Waals surface area contributed by atoms with E-state index in [1.807, 2.05) is 86.7 Å². The molecule has 1 heterocycles. The van der Waals surface area contributed by atoms with Crippen molar-refractivity contribution in [2.75, 3.05) is 0 Å². The average molecular weight is 385 g/mol. The first-order valence-corrected chi connectivity index (χ1v) is 7.57. The van der Waals surface area contributed by atoms with Gasteiger partial charge < -0.3 is 26.5 Å². The maximum atomic E-state index is 5.91. The summed E-state index contributed by atoms with van der Waals surface area (Å²) in [6, 6.07) is 19.8. The molecular weight excluding hydrogens is 366 g/mol. The Hall–Kier alpha value is -2.33. The second kappa shape index (κ2) is 7.97. The summed E-state index contributed by atoms with van der Waals surface area (Å²) in [7, 11) is 0. The first-order chi connectivity index (χ1) is 11.1. The van der Waals surface area contributed by atoms with Gasteiger partial charge in [-0.25, -0.2) is 0 Å². The second-order valence-corrected chi connectivity index (χ2v) is 5.66. The Bertz CT molecular complexity index is 750. The number of allylic oxidation sites excluding steroid dienone is 2. The number of nitrogens with zero attached hydrogens (tertiary/aromatic N) is 1. The lowest BCUT2D eigenvalue weighted by molar-refractivity contribution is -0.149. The smallest absolute Gasteiger partial charge is 0.245 e. The lowest BCUT2D eigenvalue weighted by Gasteiger charge is -2.33. The average Bonchev–Trinajstić information content (AvgIpc) is 2.55. The molecular formula is C20H19BrNO2-. The molecule has 0 atom stereocenters. The Balaban J connectivity index is 0.00000208. The molecule has 1 aliphatic rings. The van der Waals surface area contributed by atoms with Gasteiger partial charge in [0.05, 0.1) is 5.69 Å². The van der Waals surface area contributed by atoms with Crippen LogP contribution >= 0.6 is 0 Å². The van der Waals surface area contributed by atoms with Crippen LogP contribution < -0.4 is 17.0 Å². The highest BCUT2D eigenvalue weighted by Gasteiger charge is 2.28. The minimum Gasteiger partial charge on any atom is -1.00 e. The molecule has 24 heavy (non-hydrogen) atoms. The van der Waals surface area contributed by atoms with Crippen molar-refractivity contribution < 1.29 is 26.5 Å². The third-order valence-electron chi connectivity index (χ3n) is 3.27. The molecule has 1 aliphatic heterocycles. The van der Waals surface area contributed by atoms with Gasteiger partial charge in [0.15, 0.2) is 0 Å². The molecule has 0 radical (unpaired) electrons. The normalized spacial score (nSPS) is 17.6. The van der Waals surface area contributed by atoms with Crippen LogP contribution in [0.15, 0.2) is 83.6 Å². The van der Waals surface area contributed by atoms with Crippen molar-refractivity contribution in [1.29, 1.82) is 0 Å². The van der Waals surface area contributed by atoms with Gasteiger partial charge in [-0.1, -0.05) is 48.5 Å². The fourth-order valence-electron chi connectivity index (χ4n) is 2.30. The Morgan fingerprint density at radius 3 is 2.17 bits per heavy atom. The van der Waals surface area contributed by atoms with Gasteiger partial charge in [-0.3, -0.25) is 4.99 Å². The second-order valence-electron chi connectivity index (χ2n) is 5.66. The molecule has 0 amide bonds. The number of halogens is 1. The van der Waals surface area contributed by atoms with Gasteiger partial charge >= 0.3 is 0 Å². The molecule has 0 aliphatic carbocycles. The molecule has 0 fully saturated rings. The van der Waals surface area contributed by atoms with Crippen LogP contribution in [0.2, 0.25) is 0 Å². The van der Waals surface area contributed by atoms with E-state index in [1.165, 1.54) is 0 Å². The number of hydrogen-bond donors (Lipinski definition) is 0. The first-order valence-electron chi connectivity index (χ1n) is 7.57. The zero-order valence-corrected chi connectivity index (χ0v) is 15.2. The predicted octanol–water partition coefficient (Wildman–Crippen LogP) is 2.10. The van der Waals surface area contributed by atoms with E-state index in [0.717, 1.165) is 22.8 Å². The van der Waals surface area contributed by atoms with E-state index < -0.39 is 5.79 Å². The lowest BCUT2D eigenvalue weighted by atomic mass is 10.1. The molecule has 0 spiro atoms. The topological polar surface area (TPSA) is 30.8 Å². The van der Waals surface area contributed by atoms with Crippen molar-refractivity contribution >= 4 is 17.7 Å². The number of rotatable bonds is 3. The monoisotopic (exact) mass is 384 g/mol. The lowest BCUT2D eigenvalue weighted by Crippen LogP contribution is -3.00. The summed E-state index contributed by atoms with van der Waals surface area (Å²) >= 11 is 0. The SMILES string of the molecule is CC1(C)OC(=CC=Nc2ccccc2)C=C(c2ccccc2)O1.[Br-]. The van der Waals surface area contributed by atoms with Crippen LogP contribution in [-0.2, 0) is 9.47 Å². The van der Waals surface area contributed by atoms with Gasteiger partial charge in [-0.15, -0.1) is 0 Å². The third-order valence-corrected chi connectivity index (χ3v) is 3.27. The first kappa shape index (κ1) is 18.0. The highest BCUT2D eigenvalue weighted by molar-refractivity contribution is 5.77. The molecule has 0 saturated heterocycles. The van der Waals surface area contributed by atoms with Crippen molar-refractivity contribution in [3.63, 3.8) is 0 Å². The highest BCUT2D eigenvalue weighted by Crippen LogP contribution is 2.32. The van der Waals surface area contributed by atoms with Gasteiger partial charge in [0.25, 0.3) is 0 Å². The van der Waals surface area contributed by atoms with Crippen molar-refractivity contribution in [2.24, 2.45) is 4.99 Å². The molecule has 3 nitrogen and oxygen atoms in total. The fraction of sp³-hybridized carbons (Fsp3) is 0.150. The van der Waals surface area contributed by atoms with Crippen LogP contribution in [0.25, 0.3) is 5.76 Å². The van der Waals surface area contributed by atoms with Gasteiger partial charge in [0.1, 0.15) is 11.5 Å². The maximum absolute atomic E-state index is 5.91. The van der Waals surface area contributed by atoms with E-state index in [4.69, 9.17) is 9.47 Å². The van der Waals surface area contributed by atoms with Crippen LogP contribution in [0.3, 0.4) is 0 Å². The number of ether oxygens (including phenoxy) is 2. The van der Waals surface area contributed by atoms with Crippen LogP contribution in [0.1, 0.15) is 19.4 Å². The highest BCUT2D eigenvalue weighted by atomic mass is 79.9. The van der Waals surface area contributed by atoms with Gasteiger partial charge in [0.2, 0.25) is 5.79 Å². The van der Waals surface area contributed by atoms with E-state index in [2.05, 4.69) is 4.99 Å². The largest absolute Gasteiger partial charge is 1.00 e. The molecule has 3 rings (SSSR count). The summed E-state index contributed by atoms with van der Waals surface area (Å²) in [5.74, 6) is 0.799. The fourth-order valence-corrected chi connectivity index (χ4v) is 2.30. The molecule has 124 valence electrons. The zero-order valence-electron chi connectivity index (χ0n) is 13.6. The van der Waals surface area contributed by atoms with E-state index in [1.54, 1.807) is 6.21 Å². The minimum atomic E-state index is -0.716. The van der Waals surface area contributed by atoms with Crippen LogP contribution in [-0.4, -0.2) is 12.0 Å². The van der Waals surface area contributed by atoms with Crippen molar-refractivity contribution in [1.82, 2.24) is 0 Å². The number of hydrogen-bond acceptors (Lipinski definition) is 3. The molecule has 0 saturated carbocycles. The van der Waals surface area contributed by atoms with Gasteiger partial charge in [-0.2, -0.15) is 0 Å². The standard InChI is InChI=1S/C20H19NO2.BrH/c1-20(2)22-18(13-14-21-17-11-7-4-8-12-17)15-19(23-20)16-9-5-3-6-10-16;/h3-15H,1-2H3;1H/p-1. The van der Waals surface area contributed by atoms with E-state index >= 15 is 0 Å². The molecule has 0 aromatic heterocycles.